The van der Waals surface area contributed by atoms with E-state index in [0.29, 0.717) is 17.9 Å². The van der Waals surface area contributed by atoms with Crippen LogP contribution in [0.25, 0.3) is 0 Å². The minimum absolute atomic E-state index is 0.0106. The first-order valence-electron chi connectivity index (χ1n) is 12.9. The third-order valence-corrected chi connectivity index (χ3v) is 11.5. The molecule has 4 aliphatic carbocycles. The molecule has 0 aromatic heterocycles. The van der Waals surface area contributed by atoms with Gasteiger partial charge in [0, 0.05) is 18.6 Å². The topological polar surface area (TPSA) is 40.5 Å². The van der Waals surface area contributed by atoms with Crippen LogP contribution in [0.3, 0.4) is 0 Å². The molecule has 4 fully saturated rings. The molecular formula is C27H48O2. The Kier molecular flexibility index (Phi) is 5.95. The van der Waals surface area contributed by atoms with Crippen molar-refractivity contribution >= 4 is 0 Å². The fourth-order valence-electron chi connectivity index (χ4n) is 9.87. The fourth-order valence-corrected chi connectivity index (χ4v) is 9.87. The number of hydrogen-bond donors (Lipinski definition) is 2. The van der Waals surface area contributed by atoms with Crippen molar-refractivity contribution in [3.63, 3.8) is 0 Å². The molecule has 0 aromatic rings. The summed E-state index contributed by atoms with van der Waals surface area (Å²) in [7, 11) is 0. The van der Waals surface area contributed by atoms with Crippen LogP contribution >= 0.6 is 0 Å². The lowest BCUT2D eigenvalue weighted by Gasteiger charge is -2.51. The molecule has 2 heteroatoms. The van der Waals surface area contributed by atoms with Crippen molar-refractivity contribution < 1.29 is 10.2 Å². The van der Waals surface area contributed by atoms with Crippen LogP contribution in [0, 0.1) is 57.7 Å². The van der Waals surface area contributed by atoms with Crippen molar-refractivity contribution in [2.45, 2.75) is 98.8 Å². The molecule has 0 heterocycles. The Morgan fingerprint density at radius 3 is 2.31 bits per heavy atom. The lowest BCUT2D eigenvalue weighted by atomic mass is 9.54. The summed E-state index contributed by atoms with van der Waals surface area (Å²) in [5, 5.41) is 20.7. The van der Waals surface area contributed by atoms with E-state index >= 15 is 0 Å². The van der Waals surface area contributed by atoms with Gasteiger partial charge in [-0.2, -0.15) is 0 Å². The van der Waals surface area contributed by atoms with Crippen LogP contribution in [0.15, 0.2) is 0 Å². The number of hydrogen-bond acceptors (Lipinski definition) is 2. The second-order valence-corrected chi connectivity index (χ2v) is 12.8. The van der Waals surface area contributed by atoms with Crippen LogP contribution in [-0.4, -0.2) is 23.4 Å². The van der Waals surface area contributed by atoms with E-state index in [2.05, 4.69) is 34.6 Å². The molecule has 0 aromatic carbocycles. The van der Waals surface area contributed by atoms with Gasteiger partial charge in [0.15, 0.2) is 0 Å². The maximum Gasteiger partial charge on any atom is 0.0496 e. The van der Waals surface area contributed by atoms with E-state index in [-0.39, 0.29) is 17.4 Å². The summed E-state index contributed by atoms with van der Waals surface area (Å²) in [4.78, 5) is 0. The molecule has 4 saturated carbocycles. The molecule has 0 bridgehead atoms. The van der Waals surface area contributed by atoms with E-state index in [0.717, 1.165) is 41.9 Å². The summed E-state index contributed by atoms with van der Waals surface area (Å²) in [5.41, 5.74) is 0.754. The van der Waals surface area contributed by atoms with Gasteiger partial charge in [0.1, 0.15) is 0 Å². The molecule has 2 nitrogen and oxygen atoms in total. The van der Waals surface area contributed by atoms with Gasteiger partial charge in [-0.3, -0.25) is 0 Å². The molecule has 29 heavy (non-hydrogen) atoms. The summed E-state index contributed by atoms with van der Waals surface area (Å²) in [6.45, 7) is 13.0. The zero-order valence-electron chi connectivity index (χ0n) is 19.9. The Labute approximate surface area is 180 Å². The van der Waals surface area contributed by atoms with Crippen LogP contribution in [0.2, 0.25) is 0 Å². The average Bonchev–Trinajstić information content (AvgIpc) is 3.24. The Bertz CT molecular complexity index is 587. The quantitative estimate of drug-likeness (QED) is 0.523. The largest absolute Gasteiger partial charge is 0.396 e. The summed E-state index contributed by atoms with van der Waals surface area (Å²) in [5.74, 6) is 5.32. The zero-order chi connectivity index (χ0) is 21.0. The van der Waals surface area contributed by atoms with Crippen molar-refractivity contribution in [3.05, 3.63) is 0 Å². The Balaban J connectivity index is 1.53. The van der Waals surface area contributed by atoms with Crippen molar-refractivity contribution in [1.82, 2.24) is 0 Å². The number of rotatable bonds is 7. The van der Waals surface area contributed by atoms with Gasteiger partial charge in [0.2, 0.25) is 0 Å². The van der Waals surface area contributed by atoms with E-state index in [9.17, 15) is 10.2 Å². The Hall–Kier alpha value is -0.0800. The zero-order valence-corrected chi connectivity index (χ0v) is 19.9. The van der Waals surface area contributed by atoms with Gasteiger partial charge in [-0.15, -0.1) is 0 Å². The van der Waals surface area contributed by atoms with E-state index in [1.54, 1.807) is 0 Å². The van der Waals surface area contributed by atoms with Gasteiger partial charge in [-0.05, 0) is 97.2 Å². The van der Waals surface area contributed by atoms with Crippen LogP contribution in [0.5, 0.6) is 0 Å². The Morgan fingerprint density at radius 2 is 1.66 bits per heavy atom. The SMILES string of the molecule is CC(C)CCC[C@@H](C)[C@H]1CC[C@H]2[C@@H]3C[C@]4(CO)[C@@H](CO)CC[C@]4(C)[C@H]3CC[C@]12C. The molecule has 0 aliphatic heterocycles. The van der Waals surface area contributed by atoms with E-state index in [4.69, 9.17) is 0 Å². The second kappa shape index (κ2) is 7.80. The molecule has 9 atom stereocenters. The van der Waals surface area contributed by atoms with Gasteiger partial charge in [-0.25, -0.2) is 0 Å². The average molecular weight is 405 g/mol. The van der Waals surface area contributed by atoms with Crippen LogP contribution in [-0.2, 0) is 0 Å². The highest BCUT2D eigenvalue weighted by molar-refractivity contribution is 5.18. The number of fused-ring (bicyclic) bond motifs is 5. The highest BCUT2D eigenvalue weighted by Gasteiger charge is 2.70. The minimum atomic E-state index is -0.0106. The summed E-state index contributed by atoms with van der Waals surface area (Å²) in [6, 6.07) is 0. The van der Waals surface area contributed by atoms with Crippen molar-refractivity contribution in [3.8, 4) is 0 Å². The van der Waals surface area contributed by atoms with Crippen LogP contribution in [0.1, 0.15) is 98.8 Å². The van der Waals surface area contributed by atoms with E-state index < -0.39 is 0 Å². The third kappa shape index (κ3) is 3.09. The van der Waals surface area contributed by atoms with Gasteiger partial charge in [0.25, 0.3) is 0 Å². The predicted octanol–water partition coefficient (Wildman–Crippen LogP) is 6.30. The molecular weight excluding hydrogens is 356 g/mol. The normalized spacial score (nSPS) is 49.9. The molecule has 2 N–H and O–H groups in total. The maximum atomic E-state index is 10.6. The van der Waals surface area contributed by atoms with Crippen LogP contribution < -0.4 is 0 Å². The molecule has 0 unspecified atom stereocenters. The summed E-state index contributed by atoms with van der Waals surface area (Å²) >= 11 is 0. The van der Waals surface area contributed by atoms with Crippen molar-refractivity contribution in [2.75, 3.05) is 13.2 Å². The molecule has 0 radical (unpaired) electrons. The Morgan fingerprint density at radius 1 is 0.897 bits per heavy atom. The highest BCUT2D eigenvalue weighted by Crippen LogP contribution is 2.76. The standard InChI is InChI=1S/C27H48O2/c1-18(2)7-6-8-19(3)22-9-10-23-21-15-27(17-29)20(16-28)11-14-26(27,5)24(21)12-13-25(22,23)4/h18-24,28-29H,6-17H2,1-5H3/t19-,20-,21+,22-,23+,24+,25-,26-,27+/m1/s1. The highest BCUT2D eigenvalue weighted by atomic mass is 16.3. The summed E-state index contributed by atoms with van der Waals surface area (Å²) in [6.07, 6.45) is 13.3. The lowest BCUT2D eigenvalue weighted by Crippen LogP contribution is -2.45. The van der Waals surface area contributed by atoms with Gasteiger partial charge < -0.3 is 10.2 Å². The third-order valence-electron chi connectivity index (χ3n) is 11.5. The first-order chi connectivity index (χ1) is 13.7. The maximum absolute atomic E-state index is 10.6. The number of aliphatic hydroxyl groups is 2. The molecule has 4 aliphatic rings. The second-order valence-electron chi connectivity index (χ2n) is 12.8. The molecule has 0 amide bonds. The lowest BCUT2D eigenvalue weighted by molar-refractivity contribution is -0.0374. The molecule has 0 saturated heterocycles. The van der Waals surface area contributed by atoms with E-state index in [1.165, 1.54) is 57.8 Å². The minimum Gasteiger partial charge on any atom is -0.396 e. The van der Waals surface area contributed by atoms with Gasteiger partial charge in [-0.1, -0.05) is 53.9 Å². The first-order valence-corrected chi connectivity index (χ1v) is 12.9. The van der Waals surface area contributed by atoms with Gasteiger partial charge in [0.05, 0.1) is 0 Å². The van der Waals surface area contributed by atoms with Gasteiger partial charge >= 0.3 is 0 Å². The first kappa shape index (κ1) is 22.1. The fraction of sp³-hybridized carbons (Fsp3) is 1.00. The summed E-state index contributed by atoms with van der Waals surface area (Å²) < 4.78 is 0. The smallest absolute Gasteiger partial charge is 0.0496 e. The van der Waals surface area contributed by atoms with Crippen molar-refractivity contribution in [2.24, 2.45) is 57.7 Å². The predicted molar refractivity (Wildman–Crippen MR) is 120 cm³/mol. The van der Waals surface area contributed by atoms with Crippen LogP contribution in [0.4, 0.5) is 0 Å². The molecule has 0 spiro atoms. The molecule has 168 valence electrons. The molecule has 4 rings (SSSR count). The van der Waals surface area contributed by atoms with E-state index in [1.807, 2.05) is 0 Å². The monoisotopic (exact) mass is 404 g/mol. The number of aliphatic hydroxyl groups excluding tert-OH is 2. The van der Waals surface area contributed by atoms with Crippen molar-refractivity contribution in [1.29, 1.82) is 0 Å².